The Bertz CT molecular complexity index is 1090. The zero-order chi connectivity index (χ0) is 25.1. The number of nitrogens with zero attached hydrogens (tertiary/aromatic N) is 2. The molecule has 2 saturated heterocycles. The Balaban J connectivity index is 1.10. The number of piperidine rings is 1. The first-order valence-corrected chi connectivity index (χ1v) is 13.7. The maximum atomic E-state index is 13.3. The first-order chi connectivity index (χ1) is 17.5. The van der Waals surface area contributed by atoms with Gasteiger partial charge in [0.2, 0.25) is 11.8 Å². The molecule has 2 aliphatic heterocycles. The molecular formula is C28H33ClN4O2S. The number of rotatable bonds is 6. The molecule has 0 aromatic heterocycles. The first-order valence-electron chi connectivity index (χ1n) is 12.9. The van der Waals surface area contributed by atoms with Crippen LogP contribution in [0.15, 0.2) is 54.6 Å². The van der Waals surface area contributed by atoms with Crippen molar-refractivity contribution in [2.45, 2.75) is 57.3 Å². The highest BCUT2D eigenvalue weighted by atomic mass is 35.5. The Morgan fingerprint density at radius 1 is 0.972 bits per heavy atom. The lowest BCUT2D eigenvalue weighted by molar-refractivity contribution is -0.138. The van der Waals surface area contributed by atoms with E-state index >= 15 is 0 Å². The van der Waals surface area contributed by atoms with E-state index in [1.165, 1.54) is 5.56 Å². The summed E-state index contributed by atoms with van der Waals surface area (Å²) in [5.41, 5.74) is 2.31. The van der Waals surface area contributed by atoms with Crippen LogP contribution in [0.4, 0.5) is 0 Å². The monoisotopic (exact) mass is 524 g/mol. The quantitative estimate of drug-likeness (QED) is 0.556. The van der Waals surface area contributed by atoms with Gasteiger partial charge in [0.15, 0.2) is 5.11 Å². The topological polar surface area (TPSA) is 64.7 Å². The predicted octanol–water partition coefficient (Wildman–Crippen LogP) is 4.12. The van der Waals surface area contributed by atoms with Crippen LogP contribution < -0.4 is 10.6 Å². The normalized spacial score (nSPS) is 25.2. The van der Waals surface area contributed by atoms with Crippen LogP contribution >= 0.6 is 23.8 Å². The Labute approximate surface area is 223 Å². The van der Waals surface area contributed by atoms with Crippen LogP contribution in [0.3, 0.4) is 0 Å². The molecular weight excluding hydrogens is 492 g/mol. The molecule has 2 aromatic carbocycles. The standard InChI is InChI=1S/C28H33ClN4O2S/c29-22-9-6-20(7-10-22)18-33-27(35)24-11-8-21(16-25(24)31-28(33)36)26(34)30-23-12-14-32(15-13-23)17-19-4-2-1-3-5-19/h1-7,9-10,21,23-25H,8,11-18H2,(H,30,34)(H,31,36). The molecule has 0 spiro atoms. The van der Waals surface area contributed by atoms with Crippen molar-refractivity contribution >= 4 is 40.7 Å². The zero-order valence-corrected chi connectivity index (χ0v) is 21.9. The molecule has 0 bridgehead atoms. The number of hydrogen-bond donors (Lipinski definition) is 2. The van der Waals surface area contributed by atoms with Gasteiger partial charge in [-0.3, -0.25) is 19.4 Å². The fourth-order valence-electron chi connectivity index (χ4n) is 5.72. The molecule has 3 fully saturated rings. The van der Waals surface area contributed by atoms with Crippen LogP contribution in [0.25, 0.3) is 0 Å². The smallest absolute Gasteiger partial charge is 0.234 e. The summed E-state index contributed by atoms with van der Waals surface area (Å²) >= 11 is 11.5. The van der Waals surface area contributed by atoms with Gasteiger partial charge in [-0.05, 0) is 67.6 Å². The van der Waals surface area contributed by atoms with Gasteiger partial charge in [-0.25, -0.2) is 0 Å². The summed E-state index contributed by atoms with van der Waals surface area (Å²) in [4.78, 5) is 30.5. The van der Waals surface area contributed by atoms with Crippen LogP contribution in [0.5, 0.6) is 0 Å². The van der Waals surface area contributed by atoms with Crippen LogP contribution in [-0.2, 0) is 22.7 Å². The third-order valence-corrected chi connectivity index (χ3v) is 8.39. The van der Waals surface area contributed by atoms with Crippen molar-refractivity contribution < 1.29 is 9.59 Å². The van der Waals surface area contributed by atoms with Crippen molar-refractivity contribution in [2.75, 3.05) is 13.1 Å². The summed E-state index contributed by atoms with van der Waals surface area (Å²) in [5.74, 6) is -0.0455. The highest BCUT2D eigenvalue weighted by Gasteiger charge is 2.44. The maximum absolute atomic E-state index is 13.3. The molecule has 2 amide bonds. The second kappa shape index (κ2) is 11.3. The van der Waals surface area contributed by atoms with Crippen molar-refractivity contribution in [3.63, 3.8) is 0 Å². The van der Waals surface area contributed by atoms with Crippen molar-refractivity contribution in [1.29, 1.82) is 0 Å². The van der Waals surface area contributed by atoms with Gasteiger partial charge >= 0.3 is 0 Å². The van der Waals surface area contributed by atoms with Crippen molar-refractivity contribution in [2.24, 2.45) is 11.8 Å². The predicted molar refractivity (Wildman–Crippen MR) is 145 cm³/mol. The third kappa shape index (κ3) is 5.90. The van der Waals surface area contributed by atoms with E-state index in [1.54, 1.807) is 4.90 Å². The molecule has 1 aliphatic carbocycles. The van der Waals surface area contributed by atoms with E-state index in [4.69, 9.17) is 23.8 Å². The highest BCUT2D eigenvalue weighted by molar-refractivity contribution is 7.80. The van der Waals surface area contributed by atoms with Gasteiger partial charge < -0.3 is 10.6 Å². The van der Waals surface area contributed by atoms with Crippen LogP contribution in [0.2, 0.25) is 5.02 Å². The average Bonchev–Trinajstić information content (AvgIpc) is 2.89. The molecule has 36 heavy (non-hydrogen) atoms. The van der Waals surface area contributed by atoms with E-state index in [-0.39, 0.29) is 35.7 Å². The van der Waals surface area contributed by atoms with Crippen molar-refractivity contribution in [3.05, 3.63) is 70.7 Å². The molecule has 2 heterocycles. The van der Waals surface area contributed by atoms with Crippen molar-refractivity contribution in [1.82, 2.24) is 20.4 Å². The summed E-state index contributed by atoms with van der Waals surface area (Å²) in [6.07, 6.45) is 4.01. The van der Waals surface area contributed by atoms with E-state index in [2.05, 4.69) is 39.8 Å². The van der Waals surface area contributed by atoms with Gasteiger partial charge in [-0.15, -0.1) is 0 Å². The lowest BCUT2D eigenvalue weighted by atomic mass is 9.76. The fourth-order valence-corrected chi connectivity index (χ4v) is 6.15. The lowest BCUT2D eigenvalue weighted by Crippen LogP contribution is -2.61. The Kier molecular flexibility index (Phi) is 7.89. The summed E-state index contributed by atoms with van der Waals surface area (Å²) in [7, 11) is 0. The molecule has 3 atom stereocenters. The number of thiocarbonyl (C=S) groups is 1. The van der Waals surface area contributed by atoms with E-state index < -0.39 is 0 Å². The average molecular weight is 525 g/mol. The number of likely N-dealkylation sites (tertiary alicyclic amines) is 1. The summed E-state index contributed by atoms with van der Waals surface area (Å²) < 4.78 is 0. The van der Waals surface area contributed by atoms with Gasteiger partial charge in [0.25, 0.3) is 0 Å². The van der Waals surface area contributed by atoms with E-state index in [1.807, 2.05) is 30.3 Å². The van der Waals surface area contributed by atoms with Crippen molar-refractivity contribution in [3.8, 4) is 0 Å². The molecule has 2 aromatic rings. The minimum Gasteiger partial charge on any atom is -0.359 e. The Hall–Kier alpha value is -2.48. The van der Waals surface area contributed by atoms with Gasteiger partial charge in [0, 0.05) is 42.7 Å². The molecule has 3 aliphatic rings. The van der Waals surface area contributed by atoms with Crippen LogP contribution in [0.1, 0.15) is 43.2 Å². The second-order valence-electron chi connectivity index (χ2n) is 10.3. The summed E-state index contributed by atoms with van der Waals surface area (Å²) in [6, 6.07) is 18.1. The molecule has 6 nitrogen and oxygen atoms in total. The van der Waals surface area contributed by atoms with Gasteiger partial charge in [-0.2, -0.15) is 0 Å². The van der Waals surface area contributed by atoms with Crippen LogP contribution in [-0.4, -0.2) is 51.9 Å². The number of carbonyl (C=O) groups excluding carboxylic acids is 2. The second-order valence-corrected chi connectivity index (χ2v) is 11.1. The Morgan fingerprint density at radius 2 is 1.67 bits per heavy atom. The SMILES string of the molecule is O=C(NC1CCN(Cc2ccccc2)CC1)C1CCC2C(=O)N(Cc3ccc(Cl)cc3)C(=S)NC2C1. The van der Waals surface area contributed by atoms with Gasteiger partial charge in [-0.1, -0.05) is 54.1 Å². The number of fused-ring (bicyclic) bond motifs is 1. The zero-order valence-electron chi connectivity index (χ0n) is 20.4. The molecule has 8 heteroatoms. The van der Waals surface area contributed by atoms with E-state index in [0.29, 0.717) is 29.5 Å². The van der Waals surface area contributed by atoms with Gasteiger partial charge in [0.1, 0.15) is 0 Å². The lowest BCUT2D eigenvalue weighted by Gasteiger charge is -2.43. The molecule has 1 saturated carbocycles. The number of hydrogen-bond acceptors (Lipinski definition) is 4. The number of nitrogens with one attached hydrogen (secondary N) is 2. The number of carbonyl (C=O) groups is 2. The molecule has 2 N–H and O–H groups in total. The van der Waals surface area contributed by atoms with Crippen LogP contribution in [0, 0.1) is 11.8 Å². The Morgan fingerprint density at radius 3 is 2.39 bits per heavy atom. The minimum absolute atomic E-state index is 0.0587. The fraction of sp³-hybridized carbons (Fsp3) is 0.464. The maximum Gasteiger partial charge on any atom is 0.234 e. The molecule has 0 radical (unpaired) electrons. The minimum atomic E-state index is -0.144. The summed E-state index contributed by atoms with van der Waals surface area (Å²) in [6.45, 7) is 3.37. The number of benzene rings is 2. The summed E-state index contributed by atoms with van der Waals surface area (Å²) in [5, 5.41) is 7.79. The first kappa shape index (κ1) is 25.2. The largest absolute Gasteiger partial charge is 0.359 e. The number of amides is 2. The molecule has 190 valence electrons. The molecule has 5 rings (SSSR count). The molecule has 3 unspecified atom stereocenters. The van der Waals surface area contributed by atoms with Gasteiger partial charge in [0.05, 0.1) is 12.5 Å². The van der Waals surface area contributed by atoms with E-state index in [0.717, 1.165) is 44.5 Å². The third-order valence-electron chi connectivity index (χ3n) is 7.80. The highest BCUT2D eigenvalue weighted by Crippen LogP contribution is 2.34. The number of halogens is 1. The van der Waals surface area contributed by atoms with E-state index in [9.17, 15) is 9.59 Å².